The summed E-state index contributed by atoms with van der Waals surface area (Å²) in [6.45, 7) is 6.40. The maximum absolute atomic E-state index is 14.4. The first-order chi connectivity index (χ1) is 29.9. The average molecular weight is 836 g/mol. The highest BCUT2D eigenvalue weighted by atomic mass is 32.2. The molecule has 302 valence electrons. The zero-order valence-corrected chi connectivity index (χ0v) is 34.6. The van der Waals surface area contributed by atoms with Gasteiger partial charge < -0.3 is 9.08 Å². The van der Waals surface area contributed by atoms with E-state index in [0.717, 1.165) is 94.7 Å². The van der Waals surface area contributed by atoms with Gasteiger partial charge in [-0.15, -0.1) is 0 Å². The number of benzene rings is 8. The molecular formula is C54H36F3NO3S. The van der Waals surface area contributed by atoms with E-state index in [9.17, 15) is 21.6 Å². The zero-order valence-electron chi connectivity index (χ0n) is 33.8. The van der Waals surface area contributed by atoms with E-state index in [1.165, 1.54) is 6.07 Å². The highest BCUT2D eigenvalue weighted by Crippen LogP contribution is 2.71. The molecule has 0 bridgehead atoms. The van der Waals surface area contributed by atoms with Gasteiger partial charge in [-0.2, -0.15) is 21.6 Å². The first-order valence-corrected chi connectivity index (χ1v) is 22.0. The van der Waals surface area contributed by atoms with Gasteiger partial charge >= 0.3 is 15.6 Å². The molecule has 4 aliphatic rings. The summed E-state index contributed by atoms with van der Waals surface area (Å²) >= 11 is 0. The Morgan fingerprint density at radius 1 is 0.484 bits per heavy atom. The van der Waals surface area contributed by atoms with Crippen LogP contribution in [0.1, 0.15) is 61.2 Å². The Labute approximate surface area is 357 Å². The van der Waals surface area contributed by atoms with Gasteiger partial charge in [0, 0.05) is 0 Å². The summed E-state index contributed by atoms with van der Waals surface area (Å²) in [6, 6.07) is 55.2. The fourth-order valence-corrected chi connectivity index (χ4v) is 12.2. The maximum atomic E-state index is 14.4. The van der Waals surface area contributed by atoms with Crippen molar-refractivity contribution in [2.24, 2.45) is 0 Å². The normalized spacial score (nSPS) is 15.3. The minimum atomic E-state index is -6.10. The van der Waals surface area contributed by atoms with Gasteiger partial charge in [0.05, 0.1) is 27.9 Å². The third kappa shape index (κ3) is 4.44. The van der Waals surface area contributed by atoms with Crippen molar-refractivity contribution in [1.29, 1.82) is 0 Å². The van der Waals surface area contributed by atoms with E-state index in [2.05, 4.69) is 124 Å². The van der Waals surface area contributed by atoms with Crippen molar-refractivity contribution in [3.8, 4) is 39.1 Å². The van der Waals surface area contributed by atoms with E-state index in [4.69, 9.17) is 4.18 Å². The lowest BCUT2D eigenvalue weighted by molar-refractivity contribution is -0.0499. The Morgan fingerprint density at radius 2 is 0.903 bits per heavy atom. The Balaban J connectivity index is 1.35. The van der Waals surface area contributed by atoms with Crippen molar-refractivity contribution in [1.82, 2.24) is 0 Å². The number of halogens is 3. The number of anilines is 3. The largest absolute Gasteiger partial charge is 0.534 e. The summed E-state index contributed by atoms with van der Waals surface area (Å²) in [7, 11) is -6.10. The number of alkyl halides is 3. The molecule has 0 amide bonds. The Kier molecular flexibility index (Phi) is 7.36. The number of para-hydroxylation sites is 2. The van der Waals surface area contributed by atoms with Crippen molar-refractivity contribution in [3.63, 3.8) is 0 Å². The van der Waals surface area contributed by atoms with Gasteiger partial charge in [-0.3, -0.25) is 0 Å². The number of nitrogens with zero attached hydrogens (tertiary/aromatic N) is 1. The summed E-state index contributed by atoms with van der Waals surface area (Å²) in [5, 5.41) is 0. The van der Waals surface area contributed by atoms with Crippen molar-refractivity contribution in [2.45, 2.75) is 37.1 Å². The van der Waals surface area contributed by atoms with Crippen molar-refractivity contribution >= 4 is 27.2 Å². The van der Waals surface area contributed by atoms with E-state index in [1.54, 1.807) is 6.07 Å². The maximum Gasteiger partial charge on any atom is 0.534 e. The molecular weight excluding hydrogens is 800 g/mol. The fourth-order valence-electron chi connectivity index (χ4n) is 11.8. The molecule has 2 aliphatic heterocycles. The summed E-state index contributed by atoms with van der Waals surface area (Å²) in [5.41, 5.74) is 11.1. The molecule has 0 saturated heterocycles. The van der Waals surface area contributed by atoms with Crippen LogP contribution in [0.5, 0.6) is 5.75 Å². The summed E-state index contributed by atoms with van der Waals surface area (Å²) in [4.78, 5) is 1.98. The van der Waals surface area contributed by atoms with Crippen LogP contribution in [-0.4, -0.2) is 13.9 Å². The van der Waals surface area contributed by atoms with Crippen molar-refractivity contribution < 1.29 is 25.8 Å². The van der Waals surface area contributed by atoms with Gasteiger partial charge in [0.25, 0.3) is 0 Å². The van der Waals surface area contributed by atoms with Crippen LogP contribution in [0.15, 0.2) is 164 Å². The van der Waals surface area contributed by atoms with Gasteiger partial charge in [0.1, 0.15) is 0 Å². The molecule has 2 spiro atoms. The second-order valence-electron chi connectivity index (χ2n) is 16.9. The third-order valence-corrected chi connectivity index (χ3v) is 14.6. The predicted octanol–water partition coefficient (Wildman–Crippen LogP) is 13.3. The second-order valence-corrected chi connectivity index (χ2v) is 18.4. The average Bonchev–Trinajstić information content (AvgIpc) is 3.72. The number of fused-ring (bicyclic) bond motifs is 18. The van der Waals surface area contributed by atoms with Crippen molar-refractivity contribution in [2.75, 3.05) is 4.90 Å². The van der Waals surface area contributed by atoms with Crippen LogP contribution in [0.2, 0.25) is 0 Å². The molecule has 0 N–H and O–H groups in total. The molecule has 12 rings (SSSR count). The van der Waals surface area contributed by atoms with Crippen LogP contribution in [0.4, 0.5) is 30.2 Å². The first-order valence-electron chi connectivity index (χ1n) is 20.6. The van der Waals surface area contributed by atoms with E-state index >= 15 is 0 Å². The molecule has 0 aromatic heterocycles. The minimum Gasteiger partial charge on any atom is -0.374 e. The monoisotopic (exact) mass is 835 g/mol. The zero-order chi connectivity index (χ0) is 42.5. The molecule has 8 aromatic carbocycles. The summed E-state index contributed by atoms with van der Waals surface area (Å²) in [6.07, 6.45) is 0. The second kappa shape index (κ2) is 12.4. The smallest absolute Gasteiger partial charge is 0.374 e. The number of hydrogen-bond donors (Lipinski definition) is 0. The first kappa shape index (κ1) is 36.9. The molecule has 8 aromatic rings. The molecule has 0 fully saturated rings. The van der Waals surface area contributed by atoms with E-state index in [-0.39, 0.29) is 5.69 Å². The van der Waals surface area contributed by atoms with Crippen LogP contribution < -0.4 is 9.08 Å². The quantitative estimate of drug-likeness (QED) is 0.131. The third-order valence-electron chi connectivity index (χ3n) is 13.7. The number of aryl methyl sites for hydroxylation is 3. The Hall–Kier alpha value is -6.90. The summed E-state index contributed by atoms with van der Waals surface area (Å²) in [5.74, 6) is -0.412. The van der Waals surface area contributed by atoms with Crippen LogP contribution in [-0.2, 0) is 20.9 Å². The van der Waals surface area contributed by atoms with Crippen LogP contribution in [0.25, 0.3) is 33.4 Å². The molecule has 0 unspecified atom stereocenters. The summed E-state index contributed by atoms with van der Waals surface area (Å²) < 4.78 is 75.0. The molecule has 0 radical (unpaired) electrons. The molecule has 62 heavy (non-hydrogen) atoms. The predicted molar refractivity (Wildman–Crippen MR) is 238 cm³/mol. The van der Waals surface area contributed by atoms with Gasteiger partial charge in [0.15, 0.2) is 5.75 Å². The SMILES string of the molecule is Cc1cc(C)c(-c2cc3c4c(c2)C2(c5ccccc5-c5ccccc52)c2cccc(OS(=O)(=O)C(F)(F)F)c2N4c2ccccc2C32c3ccccc3-c3ccccc32)c(C)c1. The minimum absolute atomic E-state index is 0.234. The standard InChI is InChI=1S/C54H36F3NO3S/c1-31-27-32(2)49(33(3)28-31)34-29-45-50-46(30-34)53(41-21-10-6-17-37(41)38-18-7-11-22-42(38)53)44-24-14-26-48(61-62(59,60)54(55,56)57)51(44)58(50)47-25-13-12-23-43(47)52(45)39-19-8-4-15-35(39)36-16-5-9-20-40(36)52/h4-30H,1-3H3. The van der Waals surface area contributed by atoms with Crippen molar-refractivity contribution in [3.05, 3.63) is 225 Å². The van der Waals surface area contributed by atoms with Gasteiger partial charge in [-0.05, 0) is 134 Å². The highest BCUT2D eigenvalue weighted by molar-refractivity contribution is 7.88. The van der Waals surface area contributed by atoms with E-state index < -0.39 is 32.2 Å². The lowest BCUT2D eigenvalue weighted by atomic mass is 9.58. The fraction of sp³-hybridized carbons (Fsp3) is 0.111. The molecule has 2 heterocycles. The lowest BCUT2D eigenvalue weighted by Crippen LogP contribution is -2.43. The Bertz CT molecular complexity index is 3270. The molecule has 2 aliphatic carbocycles. The van der Waals surface area contributed by atoms with Gasteiger partial charge in [-0.1, -0.05) is 145 Å². The molecule has 0 saturated carbocycles. The highest BCUT2D eigenvalue weighted by Gasteiger charge is 2.59. The van der Waals surface area contributed by atoms with Crippen LogP contribution >= 0.6 is 0 Å². The topological polar surface area (TPSA) is 46.6 Å². The van der Waals surface area contributed by atoms with Crippen LogP contribution in [0.3, 0.4) is 0 Å². The van der Waals surface area contributed by atoms with Crippen LogP contribution in [0, 0.1) is 20.8 Å². The number of hydrogen-bond acceptors (Lipinski definition) is 4. The lowest BCUT2D eigenvalue weighted by Gasteiger charge is -2.52. The van der Waals surface area contributed by atoms with E-state index in [1.807, 2.05) is 53.4 Å². The van der Waals surface area contributed by atoms with Gasteiger partial charge in [-0.25, -0.2) is 0 Å². The van der Waals surface area contributed by atoms with E-state index in [0.29, 0.717) is 11.3 Å². The number of rotatable bonds is 3. The Morgan fingerprint density at radius 3 is 1.39 bits per heavy atom. The van der Waals surface area contributed by atoms with Gasteiger partial charge in [0.2, 0.25) is 0 Å². The molecule has 4 nitrogen and oxygen atoms in total. The molecule has 8 heteroatoms. The molecule has 0 atom stereocenters.